The normalized spacial score (nSPS) is 13.9. The van der Waals surface area contributed by atoms with Crippen LogP contribution in [-0.2, 0) is 0 Å². The zero-order chi connectivity index (χ0) is 15.2. The van der Waals surface area contributed by atoms with Gasteiger partial charge in [0, 0.05) is 31.9 Å². The number of benzene rings is 1. The van der Waals surface area contributed by atoms with E-state index in [-0.39, 0.29) is 6.04 Å². The molecule has 2 rings (SSSR count). The third-order valence-electron chi connectivity index (χ3n) is 3.56. The van der Waals surface area contributed by atoms with Gasteiger partial charge < -0.3 is 5.32 Å². The molecule has 0 amide bonds. The molecule has 1 N–H and O–H groups in total. The fraction of sp³-hybridized carbons (Fsp3) is 0.353. The number of aromatic nitrogens is 1. The lowest BCUT2D eigenvalue weighted by molar-refractivity contribution is 0.458. The van der Waals surface area contributed by atoms with E-state index in [1.807, 2.05) is 12.3 Å². The molecule has 2 unspecified atom stereocenters. The van der Waals surface area contributed by atoms with E-state index in [1.165, 1.54) is 9.13 Å². The van der Waals surface area contributed by atoms with Crippen molar-refractivity contribution in [3.63, 3.8) is 0 Å². The predicted octanol–water partition coefficient (Wildman–Crippen LogP) is 5.29. The summed E-state index contributed by atoms with van der Waals surface area (Å²) in [5.74, 6) is 0.312. The zero-order valence-electron chi connectivity index (χ0n) is 12.3. The quantitative estimate of drug-likeness (QED) is 0.594. The van der Waals surface area contributed by atoms with Crippen molar-refractivity contribution >= 4 is 38.5 Å². The van der Waals surface area contributed by atoms with Crippen LogP contribution in [0.4, 0.5) is 0 Å². The minimum absolute atomic E-state index is 0.254. The monoisotopic (exact) mass is 458 g/mol. The van der Waals surface area contributed by atoms with Crippen LogP contribution < -0.4 is 5.32 Å². The first-order chi connectivity index (χ1) is 10.1. The van der Waals surface area contributed by atoms with Gasteiger partial charge in [0.1, 0.15) is 0 Å². The van der Waals surface area contributed by atoms with E-state index >= 15 is 0 Å². The van der Waals surface area contributed by atoms with Crippen LogP contribution in [0.3, 0.4) is 0 Å². The second kappa shape index (κ2) is 8.25. The molecule has 21 heavy (non-hydrogen) atoms. The average molecular weight is 459 g/mol. The summed E-state index contributed by atoms with van der Waals surface area (Å²) < 4.78 is 2.40. The molecular formula is C17H20BrIN2. The summed E-state index contributed by atoms with van der Waals surface area (Å²) >= 11 is 6.07. The summed E-state index contributed by atoms with van der Waals surface area (Å²) in [6, 6.07) is 12.9. The third-order valence-corrected chi connectivity index (χ3v) is 4.95. The van der Waals surface area contributed by atoms with Crippen LogP contribution in [-0.4, -0.2) is 11.5 Å². The number of hydrogen-bond donors (Lipinski definition) is 1. The molecule has 4 heteroatoms. The minimum atomic E-state index is 0.254. The number of hydrogen-bond acceptors (Lipinski definition) is 2. The van der Waals surface area contributed by atoms with Gasteiger partial charge in [0.15, 0.2) is 0 Å². The average Bonchev–Trinajstić information content (AvgIpc) is 2.51. The molecule has 1 aromatic heterocycles. The second-order valence-electron chi connectivity index (χ2n) is 5.14. The largest absolute Gasteiger partial charge is 0.309 e. The fourth-order valence-electron chi connectivity index (χ4n) is 2.42. The maximum Gasteiger partial charge on any atom is 0.0450 e. The van der Waals surface area contributed by atoms with Gasteiger partial charge >= 0.3 is 0 Å². The van der Waals surface area contributed by atoms with Gasteiger partial charge in [-0.3, -0.25) is 4.98 Å². The number of rotatable bonds is 6. The molecule has 0 aliphatic rings. The molecule has 0 aliphatic carbocycles. The van der Waals surface area contributed by atoms with Crippen molar-refractivity contribution in [3.05, 3.63) is 61.9 Å². The molecule has 0 bridgehead atoms. The molecule has 2 nitrogen and oxygen atoms in total. The lowest BCUT2D eigenvalue weighted by Crippen LogP contribution is -2.27. The van der Waals surface area contributed by atoms with Crippen LogP contribution in [0.25, 0.3) is 0 Å². The molecule has 1 heterocycles. The van der Waals surface area contributed by atoms with E-state index in [4.69, 9.17) is 0 Å². The number of nitrogens with one attached hydrogen (secondary N) is 1. The Balaban J connectivity index is 2.36. The summed E-state index contributed by atoms with van der Waals surface area (Å²) in [6.45, 7) is 5.43. The SMILES string of the molecule is CCCNC(c1cc(I)ccc1Br)C(C)c1ccccn1. The van der Waals surface area contributed by atoms with Gasteiger partial charge in [-0.2, -0.15) is 0 Å². The van der Waals surface area contributed by atoms with Crippen molar-refractivity contribution in [2.75, 3.05) is 6.54 Å². The summed E-state index contributed by atoms with van der Waals surface area (Å²) in [4.78, 5) is 4.53. The van der Waals surface area contributed by atoms with E-state index in [0.717, 1.165) is 23.1 Å². The maximum absolute atomic E-state index is 4.53. The van der Waals surface area contributed by atoms with Crippen molar-refractivity contribution < 1.29 is 0 Å². The van der Waals surface area contributed by atoms with Crippen LogP contribution in [0.5, 0.6) is 0 Å². The van der Waals surface area contributed by atoms with Gasteiger partial charge in [0.05, 0.1) is 0 Å². The summed E-state index contributed by atoms with van der Waals surface area (Å²) in [6.07, 6.45) is 2.99. The molecule has 2 atom stereocenters. The van der Waals surface area contributed by atoms with Crippen LogP contribution in [0.1, 0.15) is 43.5 Å². The first-order valence-electron chi connectivity index (χ1n) is 7.22. The van der Waals surface area contributed by atoms with Crippen LogP contribution in [0, 0.1) is 3.57 Å². The predicted molar refractivity (Wildman–Crippen MR) is 101 cm³/mol. The lowest BCUT2D eigenvalue weighted by Gasteiger charge is -2.26. The second-order valence-corrected chi connectivity index (χ2v) is 7.24. The molecule has 0 radical (unpaired) electrons. The van der Waals surface area contributed by atoms with Crippen molar-refractivity contribution in [2.24, 2.45) is 0 Å². The molecule has 0 saturated carbocycles. The number of halogens is 2. The van der Waals surface area contributed by atoms with Gasteiger partial charge in [-0.25, -0.2) is 0 Å². The Kier molecular flexibility index (Phi) is 6.64. The highest BCUT2D eigenvalue weighted by molar-refractivity contribution is 14.1. The Morgan fingerprint density at radius 3 is 2.76 bits per heavy atom. The highest BCUT2D eigenvalue weighted by atomic mass is 127. The zero-order valence-corrected chi connectivity index (χ0v) is 16.1. The topological polar surface area (TPSA) is 24.9 Å². The fourth-order valence-corrected chi connectivity index (χ4v) is 3.43. The summed E-state index contributed by atoms with van der Waals surface area (Å²) in [7, 11) is 0. The van der Waals surface area contributed by atoms with Crippen molar-refractivity contribution in [1.29, 1.82) is 0 Å². The van der Waals surface area contributed by atoms with Gasteiger partial charge in [-0.1, -0.05) is 35.8 Å². The molecule has 0 spiro atoms. The Morgan fingerprint density at radius 2 is 2.10 bits per heavy atom. The Bertz CT molecular complexity index is 574. The molecule has 112 valence electrons. The minimum Gasteiger partial charge on any atom is -0.309 e. The molecular weight excluding hydrogens is 439 g/mol. The highest BCUT2D eigenvalue weighted by Gasteiger charge is 2.23. The molecule has 0 aliphatic heterocycles. The third kappa shape index (κ3) is 4.50. The molecule has 0 saturated heterocycles. The lowest BCUT2D eigenvalue weighted by atomic mass is 9.91. The first-order valence-corrected chi connectivity index (χ1v) is 9.10. The van der Waals surface area contributed by atoms with E-state index in [1.54, 1.807) is 0 Å². The smallest absolute Gasteiger partial charge is 0.0450 e. The van der Waals surface area contributed by atoms with Gasteiger partial charge in [-0.15, -0.1) is 0 Å². The van der Waals surface area contributed by atoms with E-state index in [9.17, 15) is 0 Å². The number of nitrogens with zero attached hydrogens (tertiary/aromatic N) is 1. The van der Waals surface area contributed by atoms with Crippen LogP contribution in [0.15, 0.2) is 47.1 Å². The standard InChI is InChI=1S/C17H20BrIN2/c1-3-9-21-17(12(2)16-6-4-5-10-20-16)14-11-13(19)7-8-15(14)18/h4-8,10-12,17,21H,3,9H2,1-2H3. The van der Waals surface area contributed by atoms with Crippen LogP contribution in [0.2, 0.25) is 0 Å². The van der Waals surface area contributed by atoms with E-state index in [2.05, 4.69) is 93.0 Å². The van der Waals surface area contributed by atoms with E-state index in [0.29, 0.717) is 5.92 Å². The summed E-state index contributed by atoms with van der Waals surface area (Å²) in [5.41, 5.74) is 2.42. The maximum atomic E-state index is 4.53. The molecule has 0 fully saturated rings. The molecule has 2 aromatic rings. The van der Waals surface area contributed by atoms with Crippen molar-refractivity contribution in [3.8, 4) is 0 Å². The Labute approximate surface area is 149 Å². The van der Waals surface area contributed by atoms with Crippen LogP contribution >= 0.6 is 38.5 Å². The Morgan fingerprint density at radius 1 is 1.29 bits per heavy atom. The van der Waals surface area contributed by atoms with Gasteiger partial charge in [0.25, 0.3) is 0 Å². The highest BCUT2D eigenvalue weighted by Crippen LogP contribution is 2.34. The summed E-state index contributed by atoms with van der Waals surface area (Å²) in [5, 5.41) is 3.68. The van der Waals surface area contributed by atoms with Gasteiger partial charge in [0.2, 0.25) is 0 Å². The number of pyridine rings is 1. The Hall–Kier alpha value is -0.460. The van der Waals surface area contributed by atoms with E-state index < -0.39 is 0 Å². The molecule has 1 aromatic carbocycles. The van der Waals surface area contributed by atoms with Crippen molar-refractivity contribution in [1.82, 2.24) is 10.3 Å². The van der Waals surface area contributed by atoms with Crippen molar-refractivity contribution in [2.45, 2.75) is 32.2 Å². The first kappa shape index (κ1) is 16.9. The van der Waals surface area contributed by atoms with Gasteiger partial charge in [-0.05, 0) is 71.5 Å².